The summed E-state index contributed by atoms with van der Waals surface area (Å²) in [7, 11) is 0. The number of aryl methyl sites for hydroxylation is 3. The fourth-order valence-electron chi connectivity index (χ4n) is 8.92. The number of halogens is 8. The van der Waals surface area contributed by atoms with Crippen LogP contribution in [0, 0.1) is 48.0 Å². The molecule has 0 aliphatic rings. The van der Waals surface area contributed by atoms with Gasteiger partial charge >= 0.3 is 63.6 Å². The average Bonchev–Trinajstić information content (AvgIpc) is 0.871. The molecule has 96 heavy (non-hydrogen) atoms. The predicted molar refractivity (Wildman–Crippen MR) is 367 cm³/mol. The largest absolute Gasteiger partial charge is 1.00 e. The van der Waals surface area contributed by atoms with Crippen LogP contribution in [0.5, 0.6) is 28.7 Å². The molecule has 0 fully saturated rings. The van der Waals surface area contributed by atoms with E-state index in [1.165, 1.54) is 49.2 Å². The Morgan fingerprint density at radius 2 is 0.688 bits per heavy atom. The fraction of sp³-hybridized carbons (Fsp3) is 0.325. The molecule has 0 aliphatic heterocycles. The normalized spacial score (nSPS) is 11.5. The Morgan fingerprint density at radius 3 is 0.979 bits per heavy atom. The van der Waals surface area contributed by atoms with Gasteiger partial charge in [0, 0.05) is 29.9 Å². The molecule has 0 bridgehead atoms. The lowest BCUT2D eigenvalue weighted by molar-refractivity contribution is -0.598. The number of ether oxygens (including phenoxy) is 6. The molecule has 0 saturated heterocycles. The SMILES string of the molecule is CCOC(C)Oc1ccc(CO)cc1.CCOC(C)Oc1ccc(COc2ccc([I+]c3ccc(C(C)(C)C)cc3)c(C)c2)cc1.Cc1cc(F)ccc1[I+]c1ccc(C(C)(C)C)cc1.Cc1cc(OCc2ccc(O)cc2)ccc1[I+]c1ccc(C(C)(C)C)cc1.Cl.[Cl-].[Cl-].[Cl-]. The molecule has 0 heterocycles. The average molecular weight is 1730 g/mol. The van der Waals surface area contributed by atoms with Crippen LogP contribution < -0.4 is 120 Å². The fourth-order valence-corrected chi connectivity index (χ4v) is 15.9. The van der Waals surface area contributed by atoms with Crippen molar-refractivity contribution in [1.82, 2.24) is 0 Å². The van der Waals surface area contributed by atoms with Crippen molar-refractivity contribution in [3.8, 4) is 28.7 Å². The van der Waals surface area contributed by atoms with Crippen LogP contribution in [-0.2, 0) is 45.5 Å². The number of benzene rings is 9. The van der Waals surface area contributed by atoms with Gasteiger partial charge in [-0.05, 0) is 225 Å². The zero-order valence-electron chi connectivity index (χ0n) is 58.1. The predicted octanol–water partition coefficient (Wildman–Crippen LogP) is 1.40. The van der Waals surface area contributed by atoms with Crippen molar-refractivity contribution in [2.45, 2.75) is 159 Å². The lowest BCUT2D eigenvalue weighted by atomic mass is 9.87. The second-order valence-electron chi connectivity index (χ2n) is 25.2. The summed E-state index contributed by atoms with van der Waals surface area (Å²) in [6, 6.07) is 67.4. The Kier molecular flexibility index (Phi) is 39.0. The van der Waals surface area contributed by atoms with E-state index in [9.17, 15) is 9.50 Å². The highest BCUT2D eigenvalue weighted by Gasteiger charge is 2.24. The van der Waals surface area contributed by atoms with Crippen LogP contribution in [-0.4, -0.2) is 36.0 Å². The number of aliphatic hydroxyl groups excluding tert-OH is 1. The molecule has 0 saturated carbocycles. The van der Waals surface area contributed by atoms with Gasteiger partial charge in [0.1, 0.15) is 47.8 Å². The molecule has 520 valence electrons. The second-order valence-corrected chi connectivity index (χ2v) is 34.1. The molecular formula is C80H96Cl4FI3O8. The summed E-state index contributed by atoms with van der Waals surface area (Å²) in [6.07, 6.45) is -0.484. The van der Waals surface area contributed by atoms with Gasteiger partial charge in [0.2, 0.25) is 0 Å². The van der Waals surface area contributed by atoms with E-state index < -0.39 is 0 Å². The van der Waals surface area contributed by atoms with E-state index in [1.54, 1.807) is 24.3 Å². The quantitative estimate of drug-likeness (QED) is 0.0826. The minimum Gasteiger partial charge on any atom is -1.00 e. The molecule has 9 rings (SSSR count). The first-order valence-corrected chi connectivity index (χ1v) is 37.8. The third-order valence-electron chi connectivity index (χ3n) is 14.3. The minimum absolute atomic E-state index is 0. The number of aliphatic hydroxyl groups is 1. The molecule has 0 radical (unpaired) electrons. The Bertz CT molecular complexity index is 3650. The zero-order valence-corrected chi connectivity index (χ0v) is 67.7. The summed E-state index contributed by atoms with van der Waals surface area (Å²) >= 11 is -0.623. The molecular weight excluding hydrogens is 1630 g/mol. The maximum Gasteiger partial charge on any atom is 0.358 e. The Balaban J connectivity index is 0.000000447. The van der Waals surface area contributed by atoms with Crippen molar-refractivity contribution in [2.75, 3.05) is 13.2 Å². The van der Waals surface area contributed by atoms with E-state index in [2.05, 4.69) is 185 Å². The lowest BCUT2D eigenvalue weighted by Gasteiger charge is -2.18. The van der Waals surface area contributed by atoms with Gasteiger partial charge in [-0.15, -0.1) is 12.4 Å². The molecule has 8 nitrogen and oxygen atoms in total. The van der Waals surface area contributed by atoms with Crippen molar-refractivity contribution in [3.63, 3.8) is 0 Å². The third-order valence-corrected chi connectivity index (χ3v) is 23.7. The molecule has 0 amide bonds. The molecule has 2 unspecified atom stereocenters. The van der Waals surface area contributed by atoms with Crippen molar-refractivity contribution < 1.29 is 144 Å². The van der Waals surface area contributed by atoms with Gasteiger partial charge < -0.3 is 75.9 Å². The third kappa shape index (κ3) is 30.7. The van der Waals surface area contributed by atoms with Gasteiger partial charge in [-0.1, -0.05) is 135 Å². The first kappa shape index (κ1) is 87.2. The number of hydrogen-bond acceptors (Lipinski definition) is 8. The molecule has 0 aromatic heterocycles. The Hall–Kier alpha value is -4.86. The van der Waals surface area contributed by atoms with Gasteiger partial charge in [-0.3, -0.25) is 0 Å². The number of phenolic OH excluding ortho intramolecular Hbond substituents is 1. The van der Waals surface area contributed by atoms with Crippen LogP contribution in [0.25, 0.3) is 0 Å². The highest BCUT2D eigenvalue weighted by atomic mass is 127. The van der Waals surface area contributed by atoms with Crippen LogP contribution in [0.3, 0.4) is 0 Å². The van der Waals surface area contributed by atoms with E-state index >= 15 is 0 Å². The summed E-state index contributed by atoms with van der Waals surface area (Å²) in [4.78, 5) is 0. The van der Waals surface area contributed by atoms with E-state index in [0.717, 1.165) is 45.3 Å². The zero-order chi connectivity index (χ0) is 67.0. The van der Waals surface area contributed by atoms with Crippen LogP contribution in [0.2, 0.25) is 0 Å². The summed E-state index contributed by atoms with van der Waals surface area (Å²) in [5.41, 5.74) is 11.4. The molecule has 9 aromatic carbocycles. The summed E-state index contributed by atoms with van der Waals surface area (Å²) < 4.78 is 55.2. The number of hydrogen-bond donors (Lipinski definition) is 2. The number of rotatable bonds is 21. The highest BCUT2D eigenvalue weighted by molar-refractivity contribution is 5.85. The Morgan fingerprint density at radius 1 is 0.396 bits per heavy atom. The van der Waals surface area contributed by atoms with Crippen molar-refractivity contribution in [2.24, 2.45) is 0 Å². The summed E-state index contributed by atoms with van der Waals surface area (Å²) in [6.45, 7) is 36.5. The van der Waals surface area contributed by atoms with Crippen molar-refractivity contribution in [3.05, 3.63) is 277 Å². The van der Waals surface area contributed by atoms with E-state index in [0.29, 0.717) is 26.4 Å². The molecule has 9 aromatic rings. The molecule has 16 heteroatoms. The van der Waals surface area contributed by atoms with Gasteiger partial charge in [0.25, 0.3) is 0 Å². The highest BCUT2D eigenvalue weighted by Crippen LogP contribution is 2.25. The van der Waals surface area contributed by atoms with Crippen LogP contribution in [0.15, 0.2) is 200 Å². The second kappa shape index (κ2) is 42.9. The van der Waals surface area contributed by atoms with E-state index in [1.807, 2.05) is 101 Å². The van der Waals surface area contributed by atoms with Gasteiger partial charge in [0.05, 0.1) is 6.61 Å². The van der Waals surface area contributed by atoms with E-state index in [4.69, 9.17) is 33.5 Å². The van der Waals surface area contributed by atoms with Gasteiger partial charge in [0.15, 0.2) is 34.0 Å². The monoisotopic (exact) mass is 1720 g/mol. The van der Waals surface area contributed by atoms with Crippen molar-refractivity contribution in [1.29, 1.82) is 0 Å². The maximum atomic E-state index is 13.1. The molecule has 2 N–H and O–H groups in total. The molecule has 0 spiro atoms. The number of phenols is 1. The first-order valence-electron chi connectivity index (χ1n) is 31.3. The number of aromatic hydroxyl groups is 1. The molecule has 2 atom stereocenters. The smallest absolute Gasteiger partial charge is 0.358 e. The Labute approximate surface area is 629 Å². The van der Waals surface area contributed by atoms with Crippen molar-refractivity contribution >= 4 is 12.4 Å². The maximum absolute atomic E-state index is 13.1. The van der Waals surface area contributed by atoms with Gasteiger partial charge in [-0.2, -0.15) is 0 Å². The van der Waals surface area contributed by atoms with Crippen LogP contribution >= 0.6 is 12.4 Å². The standard InChI is InChI=1S/C28H34IO3.C24H25IO2.C17H19FI.C11H16O3.4ClH/c1-7-30-21(3)32-25-14-8-22(9-15-25)19-31-26-16-17-27(20(2)18-26)29-24-12-10-23(11-13-24)28(4,5)6;1-17-15-22(27-16-18-5-11-21(26)12-6-18)13-14-23(17)25-20-9-7-19(8-10-20)24(2,3)4;1-12-11-14(18)7-10-16(12)19-15-8-5-13(6-9-15)17(2,3)4;1-3-13-9(2)14-11-6-4-10(8-12)5-7-11;;;;/h8-18,21H,7,19H2,1-6H3;5-15H,16H2,1-4H3;5-11H,1-4H3;4-7,9,12H,3,8H2,1-2H3;4*1H/q+1;;+1;;;;;/p-2. The van der Waals surface area contributed by atoms with Crippen LogP contribution in [0.1, 0.15) is 140 Å². The minimum atomic E-state index is -0.247. The van der Waals surface area contributed by atoms with Gasteiger partial charge in [-0.25, -0.2) is 4.39 Å². The molecule has 0 aliphatic carbocycles. The van der Waals surface area contributed by atoms with Crippen LogP contribution in [0.4, 0.5) is 4.39 Å². The lowest BCUT2D eigenvalue weighted by Crippen LogP contribution is -3.61. The topological polar surface area (TPSA) is 95.8 Å². The first-order chi connectivity index (χ1) is 43.7. The summed E-state index contributed by atoms with van der Waals surface area (Å²) in [5.74, 6) is 3.48. The summed E-state index contributed by atoms with van der Waals surface area (Å²) in [5, 5.41) is 18.2. The van der Waals surface area contributed by atoms with E-state index in [-0.39, 0.29) is 160 Å².